The molecule has 2 aliphatic rings. The summed E-state index contributed by atoms with van der Waals surface area (Å²) in [7, 11) is 0. The first-order chi connectivity index (χ1) is 13.3. The van der Waals surface area contributed by atoms with Crippen LogP contribution in [0.5, 0.6) is 0 Å². The van der Waals surface area contributed by atoms with Crippen molar-refractivity contribution in [2.24, 2.45) is 4.99 Å². The zero-order valence-electron chi connectivity index (χ0n) is 15.2. The number of guanidine groups is 1. The summed E-state index contributed by atoms with van der Waals surface area (Å²) in [5.41, 5.74) is 1.76. The number of nitrogens with zero attached hydrogens (tertiary/aromatic N) is 4. The van der Waals surface area contributed by atoms with Gasteiger partial charge in [0.05, 0.1) is 23.7 Å². The second-order valence-corrected chi connectivity index (χ2v) is 7.07. The molecule has 4 rings (SSSR count). The van der Waals surface area contributed by atoms with Crippen molar-refractivity contribution < 1.29 is 4.74 Å². The van der Waals surface area contributed by atoms with E-state index in [2.05, 4.69) is 20.2 Å². The molecule has 2 N–H and O–H groups in total. The van der Waals surface area contributed by atoms with Crippen LogP contribution in [-0.4, -0.2) is 52.8 Å². The third-order valence-corrected chi connectivity index (χ3v) is 5.39. The van der Waals surface area contributed by atoms with Crippen molar-refractivity contribution >= 4 is 17.0 Å². The predicted octanol–water partition coefficient (Wildman–Crippen LogP) is 1.57. The Labute approximate surface area is 157 Å². The Balaban J connectivity index is 1.45. The molecule has 8 heteroatoms. The number of hydrogen-bond donors (Lipinski definition) is 2. The van der Waals surface area contributed by atoms with E-state index in [-0.39, 0.29) is 17.8 Å². The molecular formula is C19H24N6O2. The number of nitrogens with one attached hydrogen (secondary N) is 2. The van der Waals surface area contributed by atoms with E-state index in [1.165, 1.54) is 0 Å². The molecule has 1 unspecified atom stereocenters. The molecule has 2 aromatic rings. The molecule has 3 heterocycles. The van der Waals surface area contributed by atoms with Gasteiger partial charge in [0.15, 0.2) is 6.19 Å². The molecule has 0 radical (unpaired) electrons. The summed E-state index contributed by atoms with van der Waals surface area (Å²) in [4.78, 5) is 22.0. The van der Waals surface area contributed by atoms with Gasteiger partial charge in [-0.3, -0.25) is 9.88 Å². The van der Waals surface area contributed by atoms with Gasteiger partial charge in [-0.1, -0.05) is 12.1 Å². The van der Waals surface area contributed by atoms with Crippen molar-refractivity contribution in [3.05, 3.63) is 34.7 Å². The molecule has 0 saturated carbocycles. The molecule has 2 saturated heterocycles. The number of likely N-dealkylation sites (tertiary alicyclic amines) is 1. The van der Waals surface area contributed by atoms with E-state index in [4.69, 9.17) is 10.00 Å². The summed E-state index contributed by atoms with van der Waals surface area (Å²) in [6.07, 6.45) is 5.90. The summed E-state index contributed by atoms with van der Waals surface area (Å²) < 4.78 is 7.48. The predicted molar refractivity (Wildman–Crippen MR) is 102 cm³/mol. The molecule has 0 aliphatic carbocycles. The maximum Gasteiger partial charge on any atom is 0.326 e. The number of H-pyrrole nitrogens is 1. The lowest BCUT2D eigenvalue weighted by molar-refractivity contribution is 0.117. The number of aromatic amines is 1. The van der Waals surface area contributed by atoms with Crippen molar-refractivity contribution in [2.75, 3.05) is 26.2 Å². The van der Waals surface area contributed by atoms with Gasteiger partial charge < -0.3 is 14.6 Å². The van der Waals surface area contributed by atoms with Crippen LogP contribution in [0.1, 0.15) is 31.7 Å². The van der Waals surface area contributed by atoms with Gasteiger partial charge in [0.25, 0.3) is 0 Å². The van der Waals surface area contributed by atoms with E-state index in [0.717, 1.165) is 56.4 Å². The molecule has 0 bridgehead atoms. The number of hydrogen-bond acceptors (Lipinski definition) is 4. The van der Waals surface area contributed by atoms with Crippen LogP contribution in [0.4, 0.5) is 0 Å². The van der Waals surface area contributed by atoms with E-state index in [1.807, 2.05) is 35.0 Å². The van der Waals surface area contributed by atoms with Gasteiger partial charge in [-0.15, -0.1) is 0 Å². The molecule has 1 aromatic carbocycles. The summed E-state index contributed by atoms with van der Waals surface area (Å²) in [5.74, 6) is 0.609. The van der Waals surface area contributed by atoms with Crippen LogP contribution >= 0.6 is 0 Å². The van der Waals surface area contributed by atoms with E-state index in [0.29, 0.717) is 12.5 Å². The molecule has 2 fully saturated rings. The zero-order chi connectivity index (χ0) is 18.6. The minimum absolute atomic E-state index is 0.0583. The highest BCUT2D eigenvalue weighted by atomic mass is 16.5. The summed E-state index contributed by atoms with van der Waals surface area (Å²) >= 11 is 0. The van der Waals surface area contributed by atoms with Crippen molar-refractivity contribution in [3.8, 4) is 6.19 Å². The van der Waals surface area contributed by atoms with Gasteiger partial charge >= 0.3 is 5.69 Å². The highest BCUT2D eigenvalue weighted by Gasteiger charge is 2.25. The van der Waals surface area contributed by atoms with Crippen LogP contribution in [0.2, 0.25) is 0 Å². The fourth-order valence-corrected chi connectivity index (χ4v) is 4.02. The highest BCUT2D eigenvalue weighted by Crippen LogP contribution is 2.25. The molecule has 0 spiro atoms. The summed E-state index contributed by atoms with van der Waals surface area (Å²) in [5, 5.41) is 11.8. The van der Waals surface area contributed by atoms with Gasteiger partial charge in [-0.2, -0.15) is 5.26 Å². The van der Waals surface area contributed by atoms with Gasteiger partial charge in [0.1, 0.15) is 0 Å². The lowest BCUT2D eigenvalue weighted by Gasteiger charge is -2.34. The summed E-state index contributed by atoms with van der Waals surface area (Å²) in [6.45, 7) is 2.86. The van der Waals surface area contributed by atoms with Crippen LogP contribution in [0.25, 0.3) is 11.0 Å². The molecule has 2 aliphatic heterocycles. The standard InChI is InChI=1S/C19H24N6O2/c20-13-22-18(21-12-15-4-3-11-27-15)24-9-7-14(8-10-24)25-17-6-2-1-5-16(17)23-19(25)26/h1-2,5-6,14-15H,3-4,7-12H2,(H,21,22)(H,23,26). The SMILES string of the molecule is N#CNC(=NCC1CCCO1)N1CCC(n2c(=O)[nH]c3ccccc32)CC1. The molecule has 27 heavy (non-hydrogen) atoms. The van der Waals surface area contributed by atoms with Crippen LogP contribution in [0, 0.1) is 11.5 Å². The number of aromatic nitrogens is 2. The van der Waals surface area contributed by atoms with Crippen LogP contribution < -0.4 is 11.0 Å². The van der Waals surface area contributed by atoms with Gasteiger partial charge in [-0.05, 0) is 37.8 Å². The van der Waals surface area contributed by atoms with E-state index >= 15 is 0 Å². The second-order valence-electron chi connectivity index (χ2n) is 7.07. The average molecular weight is 368 g/mol. The van der Waals surface area contributed by atoms with Crippen molar-refractivity contribution in [1.29, 1.82) is 5.26 Å². The van der Waals surface area contributed by atoms with Crippen molar-refractivity contribution in [2.45, 2.75) is 37.8 Å². The number of imidazole rings is 1. The van der Waals surface area contributed by atoms with E-state index in [9.17, 15) is 4.79 Å². The van der Waals surface area contributed by atoms with Gasteiger partial charge in [-0.25, -0.2) is 9.79 Å². The lowest BCUT2D eigenvalue weighted by Crippen LogP contribution is -2.45. The number of nitriles is 1. The zero-order valence-corrected chi connectivity index (χ0v) is 15.2. The molecule has 142 valence electrons. The second kappa shape index (κ2) is 7.84. The van der Waals surface area contributed by atoms with Crippen LogP contribution in [-0.2, 0) is 4.74 Å². The first-order valence-corrected chi connectivity index (χ1v) is 9.51. The maximum absolute atomic E-state index is 12.4. The van der Waals surface area contributed by atoms with Crippen LogP contribution in [0.15, 0.2) is 34.1 Å². The Hall–Kier alpha value is -2.79. The largest absolute Gasteiger partial charge is 0.376 e. The molecular weight excluding hydrogens is 344 g/mol. The Morgan fingerprint density at radius 1 is 1.33 bits per heavy atom. The number of para-hydroxylation sites is 2. The van der Waals surface area contributed by atoms with Gasteiger partial charge in [0, 0.05) is 25.7 Å². The van der Waals surface area contributed by atoms with E-state index in [1.54, 1.807) is 0 Å². The molecule has 0 amide bonds. The minimum atomic E-state index is -0.0583. The minimum Gasteiger partial charge on any atom is -0.376 e. The van der Waals surface area contributed by atoms with Crippen LogP contribution in [0.3, 0.4) is 0 Å². The Morgan fingerprint density at radius 2 is 2.15 bits per heavy atom. The smallest absolute Gasteiger partial charge is 0.326 e. The Bertz CT molecular complexity index is 910. The number of aliphatic imine (C=N–C) groups is 1. The average Bonchev–Trinajstić information content (AvgIpc) is 3.32. The van der Waals surface area contributed by atoms with Gasteiger partial charge in [0.2, 0.25) is 5.96 Å². The lowest BCUT2D eigenvalue weighted by atomic mass is 10.0. The molecule has 8 nitrogen and oxygen atoms in total. The maximum atomic E-state index is 12.4. The summed E-state index contributed by atoms with van der Waals surface area (Å²) in [6, 6.07) is 7.93. The molecule has 1 atom stereocenters. The number of benzene rings is 1. The normalized spacial score (nSPS) is 21.5. The fourth-order valence-electron chi connectivity index (χ4n) is 4.02. The fraction of sp³-hybridized carbons (Fsp3) is 0.526. The first kappa shape index (κ1) is 17.6. The number of ether oxygens (including phenoxy) is 1. The highest BCUT2D eigenvalue weighted by molar-refractivity contribution is 5.81. The number of rotatable bonds is 3. The first-order valence-electron chi connectivity index (χ1n) is 9.51. The van der Waals surface area contributed by atoms with Crippen molar-refractivity contribution in [1.82, 2.24) is 19.8 Å². The third-order valence-electron chi connectivity index (χ3n) is 5.39. The third kappa shape index (κ3) is 3.69. The monoisotopic (exact) mass is 368 g/mol. The van der Waals surface area contributed by atoms with E-state index < -0.39 is 0 Å². The Morgan fingerprint density at radius 3 is 2.89 bits per heavy atom. The quantitative estimate of drug-likeness (QED) is 0.371. The van der Waals surface area contributed by atoms with Crippen molar-refractivity contribution in [3.63, 3.8) is 0 Å². The molecule has 1 aromatic heterocycles. The Kier molecular flexibility index (Phi) is 5.12. The number of fused-ring (bicyclic) bond motifs is 1. The number of piperidine rings is 1. The topological polar surface area (TPSA) is 98.4 Å².